The van der Waals surface area contributed by atoms with Crippen LogP contribution in [0, 0.1) is 0 Å². The Hall–Kier alpha value is 0.340. The Morgan fingerprint density at radius 1 is 1.50 bits per heavy atom. The quantitative estimate of drug-likeness (QED) is 0.551. The van der Waals surface area contributed by atoms with Crippen LogP contribution >= 0.6 is 35.0 Å². The first-order valence-corrected chi connectivity index (χ1v) is 3.67. The molecule has 0 fully saturated rings. The third-order valence-corrected chi connectivity index (χ3v) is 2.74. The number of halogens is 2. The van der Waals surface area contributed by atoms with Crippen molar-refractivity contribution < 1.29 is 4.79 Å². The average Bonchev–Trinajstić information content (AvgIpc) is 1.98. The number of carbonyl (C=O) groups excluding carboxylic acids is 1. The van der Waals surface area contributed by atoms with Gasteiger partial charge in [-0.2, -0.15) is 0 Å². The topological polar surface area (TPSA) is 17.1 Å². The van der Waals surface area contributed by atoms with E-state index in [1.54, 1.807) is 0 Å². The van der Waals surface area contributed by atoms with Gasteiger partial charge in [0.1, 0.15) is 5.03 Å². The van der Waals surface area contributed by atoms with Crippen molar-refractivity contribution in [2.24, 2.45) is 0 Å². The van der Waals surface area contributed by atoms with Crippen LogP contribution < -0.4 is 0 Å². The average molecular weight is 169 g/mol. The van der Waals surface area contributed by atoms with Gasteiger partial charge in [0.15, 0.2) is 0 Å². The molecule has 0 spiro atoms. The minimum atomic E-state index is -0.114. The normalized spacial score (nSPS) is 20.5. The zero-order valence-electron chi connectivity index (χ0n) is 3.78. The minimum Gasteiger partial charge on any atom is -0.281 e. The molecule has 1 aliphatic heterocycles. The van der Waals surface area contributed by atoms with Crippen LogP contribution in [0.4, 0.5) is 0 Å². The third kappa shape index (κ3) is 1.02. The van der Waals surface area contributed by atoms with Crippen LogP contribution in [0.25, 0.3) is 0 Å². The van der Waals surface area contributed by atoms with E-state index in [1.165, 1.54) is 0 Å². The van der Waals surface area contributed by atoms with Gasteiger partial charge < -0.3 is 0 Å². The highest BCUT2D eigenvalue weighted by Crippen LogP contribution is 2.30. The summed E-state index contributed by atoms with van der Waals surface area (Å²) in [7, 11) is 0. The molecule has 0 atom stereocenters. The number of hydrogen-bond donors (Lipinski definition) is 0. The van der Waals surface area contributed by atoms with Gasteiger partial charge >= 0.3 is 0 Å². The second-order valence-electron chi connectivity index (χ2n) is 1.30. The summed E-state index contributed by atoms with van der Waals surface area (Å²) in [5, 5.41) is 0.551. The smallest absolute Gasteiger partial charge is 0.232 e. The fourth-order valence-corrected chi connectivity index (χ4v) is 1.63. The van der Waals surface area contributed by atoms with Crippen molar-refractivity contribution in [3.63, 3.8) is 0 Å². The van der Waals surface area contributed by atoms with Gasteiger partial charge in [-0.15, -0.1) is 0 Å². The first kappa shape index (κ1) is 6.46. The van der Waals surface area contributed by atoms with Crippen molar-refractivity contribution in [1.29, 1.82) is 0 Å². The molecule has 0 saturated carbocycles. The maximum absolute atomic E-state index is 10.5. The van der Waals surface area contributed by atoms with E-state index in [-0.39, 0.29) is 10.1 Å². The second kappa shape index (κ2) is 2.29. The summed E-state index contributed by atoms with van der Waals surface area (Å²) in [4.78, 5) is 10.5. The van der Waals surface area contributed by atoms with Crippen LogP contribution in [-0.4, -0.2) is 10.9 Å². The van der Waals surface area contributed by atoms with Crippen LogP contribution in [-0.2, 0) is 4.79 Å². The van der Waals surface area contributed by atoms with Crippen molar-refractivity contribution in [2.75, 3.05) is 5.75 Å². The first-order chi connectivity index (χ1) is 3.72. The summed E-state index contributed by atoms with van der Waals surface area (Å²) in [5.74, 6) is 0.541. The summed E-state index contributed by atoms with van der Waals surface area (Å²) in [5.41, 5.74) is 0. The molecule has 1 rings (SSSR count). The highest BCUT2D eigenvalue weighted by molar-refractivity contribution is 8.15. The van der Waals surface area contributed by atoms with E-state index < -0.39 is 0 Å². The maximum atomic E-state index is 10.5. The van der Waals surface area contributed by atoms with E-state index in [0.717, 1.165) is 11.8 Å². The molecule has 0 unspecified atom stereocenters. The fourth-order valence-electron chi connectivity index (χ4n) is 0.366. The summed E-state index contributed by atoms with van der Waals surface area (Å²) < 4.78 is 0. The standard InChI is InChI=1S/C4H2Cl2OS/c5-2-1-8-4(7)3(2)6/h1H2. The van der Waals surface area contributed by atoms with Crippen molar-refractivity contribution in [2.45, 2.75) is 0 Å². The molecule has 0 bridgehead atoms. The van der Waals surface area contributed by atoms with Gasteiger partial charge in [0.2, 0.25) is 5.12 Å². The van der Waals surface area contributed by atoms with Gasteiger partial charge in [-0.1, -0.05) is 35.0 Å². The Bertz CT molecular complexity index is 163. The molecule has 0 amide bonds. The van der Waals surface area contributed by atoms with Crippen LogP contribution in [0.1, 0.15) is 0 Å². The molecule has 8 heavy (non-hydrogen) atoms. The predicted molar refractivity (Wildman–Crippen MR) is 36.2 cm³/mol. The summed E-state index contributed by atoms with van der Waals surface area (Å²) in [6, 6.07) is 0. The SMILES string of the molecule is O=C1SCC(Cl)=C1Cl. The molecule has 1 heterocycles. The largest absolute Gasteiger partial charge is 0.281 e. The number of thioether (sulfide) groups is 1. The predicted octanol–water partition coefficient (Wildman–Crippen LogP) is 1.95. The molecule has 0 radical (unpaired) electrons. The lowest BCUT2D eigenvalue weighted by Gasteiger charge is -1.79. The van der Waals surface area contributed by atoms with Crippen LogP contribution in [0.3, 0.4) is 0 Å². The summed E-state index contributed by atoms with van der Waals surface area (Å²) in [6.45, 7) is 0. The summed E-state index contributed by atoms with van der Waals surface area (Å²) in [6.07, 6.45) is 0. The van der Waals surface area contributed by atoms with E-state index in [0.29, 0.717) is 10.8 Å². The highest BCUT2D eigenvalue weighted by Gasteiger charge is 2.19. The molecular weight excluding hydrogens is 167 g/mol. The molecule has 4 heteroatoms. The lowest BCUT2D eigenvalue weighted by atomic mass is 10.6. The van der Waals surface area contributed by atoms with E-state index in [9.17, 15) is 4.79 Å². The zero-order chi connectivity index (χ0) is 6.15. The van der Waals surface area contributed by atoms with Crippen LogP contribution in [0.5, 0.6) is 0 Å². The third-order valence-electron chi connectivity index (χ3n) is 0.747. The lowest BCUT2D eigenvalue weighted by molar-refractivity contribution is -0.107. The molecule has 0 saturated heterocycles. The number of hydrogen-bond acceptors (Lipinski definition) is 2. The Kier molecular flexibility index (Phi) is 1.85. The Morgan fingerprint density at radius 3 is 2.25 bits per heavy atom. The Balaban J connectivity index is 2.86. The molecule has 0 aromatic rings. The summed E-state index contributed by atoms with van der Waals surface area (Å²) >= 11 is 12.0. The zero-order valence-corrected chi connectivity index (χ0v) is 6.11. The molecule has 0 N–H and O–H groups in total. The van der Waals surface area contributed by atoms with E-state index in [4.69, 9.17) is 23.2 Å². The molecule has 1 nitrogen and oxygen atoms in total. The van der Waals surface area contributed by atoms with Crippen molar-refractivity contribution in [3.05, 3.63) is 10.1 Å². The van der Waals surface area contributed by atoms with Gasteiger partial charge in [-0.05, 0) is 0 Å². The highest BCUT2D eigenvalue weighted by atomic mass is 35.5. The van der Waals surface area contributed by atoms with E-state index in [2.05, 4.69) is 0 Å². The molecule has 0 aromatic heterocycles. The number of rotatable bonds is 0. The van der Waals surface area contributed by atoms with Gasteiger partial charge in [0.05, 0.1) is 5.03 Å². The van der Waals surface area contributed by atoms with Crippen LogP contribution in [0.2, 0.25) is 0 Å². The second-order valence-corrected chi connectivity index (χ2v) is 3.08. The van der Waals surface area contributed by atoms with Crippen molar-refractivity contribution in [3.8, 4) is 0 Å². The van der Waals surface area contributed by atoms with Crippen LogP contribution in [0.15, 0.2) is 10.1 Å². The van der Waals surface area contributed by atoms with Gasteiger partial charge in [0.25, 0.3) is 0 Å². The fraction of sp³-hybridized carbons (Fsp3) is 0.250. The monoisotopic (exact) mass is 168 g/mol. The number of carbonyl (C=O) groups is 1. The molecule has 0 aromatic carbocycles. The minimum absolute atomic E-state index is 0.114. The maximum Gasteiger partial charge on any atom is 0.232 e. The Morgan fingerprint density at radius 2 is 2.12 bits per heavy atom. The van der Waals surface area contributed by atoms with Gasteiger partial charge in [-0.3, -0.25) is 4.79 Å². The van der Waals surface area contributed by atoms with E-state index >= 15 is 0 Å². The molecule has 44 valence electrons. The lowest BCUT2D eigenvalue weighted by Crippen LogP contribution is -1.80. The Labute approximate surface area is 61.0 Å². The van der Waals surface area contributed by atoms with Gasteiger partial charge in [-0.25, -0.2) is 0 Å². The van der Waals surface area contributed by atoms with Crippen molar-refractivity contribution >= 4 is 40.1 Å². The molecule has 1 aliphatic rings. The molecular formula is C4H2Cl2OS. The van der Waals surface area contributed by atoms with Crippen molar-refractivity contribution in [1.82, 2.24) is 0 Å². The van der Waals surface area contributed by atoms with E-state index in [1.807, 2.05) is 0 Å². The first-order valence-electron chi connectivity index (χ1n) is 1.93. The van der Waals surface area contributed by atoms with Gasteiger partial charge in [0, 0.05) is 5.75 Å². The molecule has 0 aliphatic carbocycles.